The van der Waals surface area contributed by atoms with E-state index in [1.54, 1.807) is 12.1 Å². The van der Waals surface area contributed by atoms with Crippen molar-refractivity contribution in [2.75, 3.05) is 12.8 Å². The minimum atomic E-state index is -3.45. The molecule has 0 radical (unpaired) electrons. The molecule has 0 saturated heterocycles. The van der Waals surface area contributed by atoms with Crippen LogP contribution in [0, 0.1) is 23.5 Å². The van der Waals surface area contributed by atoms with Crippen molar-refractivity contribution >= 4 is 31.9 Å². The fourth-order valence-electron chi connectivity index (χ4n) is 2.42. The van der Waals surface area contributed by atoms with Crippen LogP contribution in [0.1, 0.15) is 36.7 Å². The number of hydrogen-bond donors (Lipinski definition) is 2. The Balaban J connectivity index is 2.56. The molecule has 1 heterocycles. The quantitative estimate of drug-likeness (QED) is 0.610. The Hall–Kier alpha value is -2.51. The summed E-state index contributed by atoms with van der Waals surface area (Å²) in [6.45, 7) is 2.73. The van der Waals surface area contributed by atoms with Crippen molar-refractivity contribution in [3.05, 3.63) is 63.4 Å². The molecule has 30 heavy (non-hydrogen) atoms. The number of rotatable bonds is 5. The maximum absolute atomic E-state index is 13.8. The third kappa shape index (κ3) is 6.00. The molecular weight excluding hydrogens is 482 g/mol. The zero-order valence-electron chi connectivity index (χ0n) is 16.3. The molecular formula is C20H19BrF2N2O4S. The van der Waals surface area contributed by atoms with Crippen LogP contribution in [-0.2, 0) is 9.84 Å². The zero-order valence-corrected chi connectivity index (χ0v) is 18.7. The first-order chi connectivity index (χ1) is 13.8. The summed E-state index contributed by atoms with van der Waals surface area (Å²) < 4.78 is 50.4. The number of sulfone groups is 1. The first-order valence-corrected chi connectivity index (χ1v) is 11.3. The summed E-state index contributed by atoms with van der Waals surface area (Å²) in [5, 5.41) is 11.2. The highest BCUT2D eigenvalue weighted by molar-refractivity contribution is 9.10. The van der Waals surface area contributed by atoms with Crippen molar-refractivity contribution < 1.29 is 27.1 Å². The smallest absolute Gasteiger partial charge is 0.404 e. The summed E-state index contributed by atoms with van der Waals surface area (Å²) in [4.78, 5) is 15.4. The second-order valence-electron chi connectivity index (χ2n) is 7.04. The number of amides is 1. The van der Waals surface area contributed by atoms with E-state index in [1.807, 2.05) is 0 Å². The third-order valence-corrected chi connectivity index (χ3v) is 6.99. The molecule has 6 nitrogen and oxygen atoms in total. The van der Waals surface area contributed by atoms with Gasteiger partial charge in [-0.15, -0.1) is 0 Å². The van der Waals surface area contributed by atoms with E-state index in [2.05, 4.69) is 38.1 Å². The van der Waals surface area contributed by atoms with E-state index in [0.29, 0.717) is 10.5 Å². The van der Waals surface area contributed by atoms with Crippen LogP contribution in [0.4, 0.5) is 13.6 Å². The SMILES string of the molecule is CC(C)(C#Cc1ccc(Br)c(C(CNC(=O)O)c2cc(F)cc(F)c2)n1)S(C)(=O)=O. The lowest BCUT2D eigenvalue weighted by Crippen LogP contribution is -2.29. The molecule has 1 unspecified atom stereocenters. The number of halogens is 3. The van der Waals surface area contributed by atoms with Crippen LogP contribution >= 0.6 is 15.9 Å². The van der Waals surface area contributed by atoms with Crippen LogP contribution in [-0.4, -0.2) is 42.1 Å². The van der Waals surface area contributed by atoms with Gasteiger partial charge in [-0.3, -0.25) is 0 Å². The van der Waals surface area contributed by atoms with Crippen LogP contribution < -0.4 is 5.32 Å². The Morgan fingerprint density at radius 2 is 1.87 bits per heavy atom. The molecule has 1 amide bonds. The molecule has 0 saturated carbocycles. The van der Waals surface area contributed by atoms with Crippen molar-refractivity contribution in [3.8, 4) is 11.8 Å². The summed E-state index contributed by atoms with van der Waals surface area (Å²) in [5.74, 6) is 2.92. The van der Waals surface area contributed by atoms with Crippen LogP contribution in [0.25, 0.3) is 0 Å². The van der Waals surface area contributed by atoms with Crippen molar-refractivity contribution in [1.29, 1.82) is 0 Å². The van der Waals surface area contributed by atoms with Gasteiger partial charge in [-0.05, 0) is 65.5 Å². The maximum Gasteiger partial charge on any atom is 0.404 e. The Bertz CT molecular complexity index is 1120. The molecule has 0 bridgehead atoms. The van der Waals surface area contributed by atoms with E-state index in [-0.39, 0.29) is 23.5 Å². The fourth-order valence-corrected chi connectivity index (χ4v) is 3.15. The van der Waals surface area contributed by atoms with Gasteiger partial charge in [0.25, 0.3) is 0 Å². The number of benzene rings is 1. The molecule has 0 aliphatic heterocycles. The number of carbonyl (C=O) groups is 1. The number of aromatic nitrogens is 1. The van der Waals surface area contributed by atoms with Gasteiger partial charge in [-0.25, -0.2) is 27.0 Å². The first kappa shape index (κ1) is 23.8. The van der Waals surface area contributed by atoms with E-state index in [9.17, 15) is 22.0 Å². The van der Waals surface area contributed by atoms with Crippen LogP contribution in [0.15, 0.2) is 34.8 Å². The lowest BCUT2D eigenvalue weighted by molar-refractivity contribution is 0.194. The van der Waals surface area contributed by atoms with Crippen molar-refractivity contribution in [2.24, 2.45) is 0 Å². The average Bonchev–Trinajstić information content (AvgIpc) is 2.60. The second-order valence-corrected chi connectivity index (χ2v) is 10.5. The molecule has 1 aromatic heterocycles. The Labute approximate surface area is 181 Å². The van der Waals surface area contributed by atoms with Gasteiger partial charge in [0.15, 0.2) is 9.84 Å². The third-order valence-electron chi connectivity index (χ3n) is 4.37. The maximum atomic E-state index is 13.8. The van der Waals surface area contributed by atoms with Gasteiger partial charge >= 0.3 is 6.09 Å². The predicted octanol–water partition coefficient (Wildman–Crippen LogP) is 3.70. The Morgan fingerprint density at radius 3 is 2.40 bits per heavy atom. The monoisotopic (exact) mass is 500 g/mol. The fraction of sp³-hybridized carbons (Fsp3) is 0.300. The van der Waals surface area contributed by atoms with Crippen LogP contribution in [0.2, 0.25) is 0 Å². The topological polar surface area (TPSA) is 96.4 Å². The van der Waals surface area contributed by atoms with E-state index in [4.69, 9.17) is 5.11 Å². The van der Waals surface area contributed by atoms with Crippen LogP contribution in [0.5, 0.6) is 0 Å². The van der Waals surface area contributed by atoms with E-state index >= 15 is 0 Å². The highest BCUT2D eigenvalue weighted by Gasteiger charge is 2.27. The summed E-state index contributed by atoms with van der Waals surface area (Å²) in [5.41, 5.74) is 0.691. The lowest BCUT2D eigenvalue weighted by atomic mass is 9.94. The molecule has 0 spiro atoms. The van der Waals surface area contributed by atoms with Gasteiger partial charge < -0.3 is 10.4 Å². The van der Waals surface area contributed by atoms with Crippen molar-refractivity contribution in [1.82, 2.24) is 10.3 Å². The number of pyridine rings is 1. The largest absolute Gasteiger partial charge is 0.465 e. The van der Waals surface area contributed by atoms with Gasteiger partial charge in [0, 0.05) is 29.3 Å². The van der Waals surface area contributed by atoms with Crippen LogP contribution in [0.3, 0.4) is 0 Å². The van der Waals surface area contributed by atoms with Crippen molar-refractivity contribution in [3.63, 3.8) is 0 Å². The van der Waals surface area contributed by atoms with Gasteiger partial charge in [0.05, 0.1) is 5.69 Å². The molecule has 2 aromatic rings. The minimum absolute atomic E-state index is 0.177. The molecule has 0 aliphatic carbocycles. The van der Waals surface area contributed by atoms with E-state index < -0.39 is 38.2 Å². The van der Waals surface area contributed by atoms with Gasteiger partial charge in [0.1, 0.15) is 22.1 Å². The number of nitrogens with one attached hydrogen (secondary N) is 1. The summed E-state index contributed by atoms with van der Waals surface area (Å²) >= 11 is 3.33. The van der Waals surface area contributed by atoms with Gasteiger partial charge in [-0.1, -0.05) is 5.92 Å². The molecule has 2 rings (SSSR count). The van der Waals surface area contributed by atoms with E-state index in [1.165, 1.54) is 13.8 Å². The molecule has 1 atom stereocenters. The number of nitrogens with zero attached hydrogens (tertiary/aromatic N) is 1. The highest BCUT2D eigenvalue weighted by atomic mass is 79.9. The summed E-state index contributed by atoms with van der Waals surface area (Å²) in [6, 6.07) is 6.05. The second kappa shape index (κ2) is 9.10. The number of carboxylic acid groups (broad SMARTS) is 1. The summed E-state index contributed by atoms with van der Waals surface area (Å²) in [7, 11) is -3.45. The van der Waals surface area contributed by atoms with Crippen molar-refractivity contribution in [2.45, 2.75) is 24.5 Å². The molecule has 160 valence electrons. The predicted molar refractivity (Wildman–Crippen MR) is 112 cm³/mol. The Morgan fingerprint density at radius 1 is 1.27 bits per heavy atom. The normalized spacial score (nSPS) is 12.6. The van der Waals surface area contributed by atoms with Gasteiger partial charge in [-0.2, -0.15) is 0 Å². The number of hydrogen-bond acceptors (Lipinski definition) is 4. The van der Waals surface area contributed by atoms with E-state index in [0.717, 1.165) is 18.4 Å². The molecule has 2 N–H and O–H groups in total. The molecule has 1 aromatic carbocycles. The Kier molecular flexibility index (Phi) is 7.21. The molecule has 10 heteroatoms. The molecule has 0 fully saturated rings. The minimum Gasteiger partial charge on any atom is -0.465 e. The summed E-state index contributed by atoms with van der Waals surface area (Å²) in [6.07, 6.45) is -0.229. The average molecular weight is 501 g/mol. The van der Waals surface area contributed by atoms with Gasteiger partial charge in [0.2, 0.25) is 0 Å². The lowest BCUT2D eigenvalue weighted by Gasteiger charge is -2.19. The molecule has 0 aliphatic rings. The highest BCUT2D eigenvalue weighted by Crippen LogP contribution is 2.30. The first-order valence-electron chi connectivity index (χ1n) is 8.62. The zero-order chi connectivity index (χ0) is 22.7. The standard InChI is InChI=1S/C20H19BrF2N2O4S/c1-20(2,30(3,28)29)7-6-15-4-5-17(21)18(25-15)16(11-24-19(26)27)12-8-13(22)10-14(23)9-12/h4-5,8-10,16,24H,11H2,1-3H3,(H,26,27).